The molecule has 0 heterocycles. The average Bonchev–Trinajstić information content (AvgIpc) is 2.35. The van der Waals surface area contributed by atoms with E-state index in [1.165, 1.54) is 0 Å². The van der Waals surface area contributed by atoms with Gasteiger partial charge in [-0.15, -0.1) is 0 Å². The van der Waals surface area contributed by atoms with Crippen molar-refractivity contribution in [3.05, 3.63) is 28.8 Å². The molecule has 20 heavy (non-hydrogen) atoms. The second kappa shape index (κ2) is 7.17. The van der Waals surface area contributed by atoms with Gasteiger partial charge >= 0.3 is 0 Å². The first-order valence-corrected chi connectivity index (χ1v) is 8.20. The first-order chi connectivity index (χ1) is 9.31. The van der Waals surface area contributed by atoms with Crippen molar-refractivity contribution in [2.24, 2.45) is 5.73 Å². The minimum Gasteiger partial charge on any atom is -0.380 e. The molecule has 0 aliphatic rings. The summed E-state index contributed by atoms with van der Waals surface area (Å²) in [6.07, 6.45) is 0. The van der Waals surface area contributed by atoms with Gasteiger partial charge in [-0.2, -0.15) is 0 Å². The summed E-state index contributed by atoms with van der Waals surface area (Å²) in [6.45, 7) is 8.60. The molecule has 0 amide bonds. The molecule has 1 atom stereocenters. The fraction of sp³-hybridized carbons (Fsp3) is 0.571. The smallest absolute Gasteiger partial charge is 0.241 e. The third-order valence-corrected chi connectivity index (χ3v) is 4.80. The van der Waals surface area contributed by atoms with Crippen molar-refractivity contribution in [3.63, 3.8) is 0 Å². The summed E-state index contributed by atoms with van der Waals surface area (Å²) in [5, 5.41) is 0. The minimum absolute atomic E-state index is 0.276. The van der Waals surface area contributed by atoms with Crippen LogP contribution in [0.3, 0.4) is 0 Å². The lowest BCUT2D eigenvalue weighted by Gasteiger charge is -2.16. The number of ether oxygens (including phenoxy) is 1. The van der Waals surface area contributed by atoms with Crippen LogP contribution in [0.5, 0.6) is 0 Å². The van der Waals surface area contributed by atoms with E-state index >= 15 is 0 Å². The van der Waals surface area contributed by atoms with E-state index in [0.717, 1.165) is 16.7 Å². The topological polar surface area (TPSA) is 81.4 Å². The number of nitrogens with two attached hydrogens (primary N) is 1. The minimum atomic E-state index is -3.56. The van der Waals surface area contributed by atoms with Crippen molar-refractivity contribution in [2.45, 2.75) is 45.2 Å². The predicted molar refractivity (Wildman–Crippen MR) is 80.1 cm³/mol. The summed E-state index contributed by atoms with van der Waals surface area (Å²) < 4.78 is 32.6. The van der Waals surface area contributed by atoms with Gasteiger partial charge in [0.05, 0.1) is 11.5 Å². The normalized spacial score (nSPS) is 13.4. The maximum atomic E-state index is 12.4. The Kier molecular flexibility index (Phi) is 6.13. The van der Waals surface area contributed by atoms with Crippen LogP contribution in [0.1, 0.15) is 30.5 Å². The Labute approximate surface area is 121 Å². The van der Waals surface area contributed by atoms with Gasteiger partial charge < -0.3 is 10.5 Å². The van der Waals surface area contributed by atoms with Crippen LogP contribution in [-0.2, 0) is 21.3 Å². The maximum absolute atomic E-state index is 12.4. The molecule has 0 aromatic heterocycles. The quantitative estimate of drug-likeness (QED) is 0.799. The molecule has 1 rings (SSSR count). The Bertz CT molecular complexity index is 556. The Morgan fingerprint density at radius 3 is 2.50 bits per heavy atom. The molecule has 0 aliphatic heterocycles. The zero-order valence-corrected chi connectivity index (χ0v) is 13.4. The summed E-state index contributed by atoms with van der Waals surface area (Å²) in [7, 11) is -3.56. The summed E-state index contributed by atoms with van der Waals surface area (Å²) in [5.74, 6) is 0. The van der Waals surface area contributed by atoms with E-state index in [9.17, 15) is 8.42 Å². The van der Waals surface area contributed by atoms with Crippen molar-refractivity contribution < 1.29 is 13.2 Å². The SMILES string of the molecule is CCOCC(C)NS(=O)(=O)c1cc(CN)c(C)cc1C. The molecule has 1 aromatic carbocycles. The summed E-state index contributed by atoms with van der Waals surface area (Å²) >= 11 is 0. The molecule has 0 fully saturated rings. The highest BCUT2D eigenvalue weighted by Gasteiger charge is 2.20. The Hall–Kier alpha value is -0.950. The highest BCUT2D eigenvalue weighted by molar-refractivity contribution is 7.89. The molecule has 1 aromatic rings. The van der Waals surface area contributed by atoms with Crippen molar-refractivity contribution in [2.75, 3.05) is 13.2 Å². The first-order valence-electron chi connectivity index (χ1n) is 6.72. The van der Waals surface area contributed by atoms with Gasteiger partial charge in [0.2, 0.25) is 10.0 Å². The van der Waals surface area contributed by atoms with Crippen LogP contribution >= 0.6 is 0 Å². The second-order valence-corrected chi connectivity index (χ2v) is 6.61. The molecule has 5 nitrogen and oxygen atoms in total. The van der Waals surface area contributed by atoms with Crippen LogP contribution in [0.2, 0.25) is 0 Å². The summed E-state index contributed by atoms with van der Waals surface area (Å²) in [6, 6.07) is 3.23. The lowest BCUT2D eigenvalue weighted by molar-refractivity contribution is 0.133. The molecule has 114 valence electrons. The number of nitrogens with one attached hydrogen (secondary N) is 1. The van der Waals surface area contributed by atoms with Gasteiger partial charge in [-0.3, -0.25) is 0 Å². The molecule has 3 N–H and O–H groups in total. The van der Waals surface area contributed by atoms with E-state index in [0.29, 0.717) is 19.8 Å². The molecule has 0 radical (unpaired) electrons. The monoisotopic (exact) mass is 300 g/mol. The van der Waals surface area contributed by atoms with E-state index in [1.54, 1.807) is 19.9 Å². The van der Waals surface area contributed by atoms with Gasteiger partial charge in [-0.25, -0.2) is 13.1 Å². The lowest BCUT2D eigenvalue weighted by atomic mass is 10.1. The van der Waals surface area contributed by atoms with Gasteiger partial charge in [0.15, 0.2) is 0 Å². The fourth-order valence-corrected chi connectivity index (χ4v) is 3.55. The zero-order valence-electron chi connectivity index (χ0n) is 12.6. The zero-order chi connectivity index (χ0) is 15.3. The van der Waals surface area contributed by atoms with E-state index in [-0.39, 0.29) is 10.9 Å². The van der Waals surface area contributed by atoms with Crippen molar-refractivity contribution in [1.29, 1.82) is 0 Å². The third-order valence-electron chi connectivity index (χ3n) is 3.07. The van der Waals surface area contributed by atoms with Crippen molar-refractivity contribution in [3.8, 4) is 0 Å². The molecule has 1 unspecified atom stereocenters. The standard InChI is InChI=1S/C14H24N2O3S/c1-5-19-9-12(4)16-20(17,18)14-7-13(8-15)10(2)6-11(14)3/h6-7,12,16H,5,8-9,15H2,1-4H3. The van der Waals surface area contributed by atoms with E-state index in [1.807, 2.05) is 19.9 Å². The summed E-state index contributed by atoms with van der Waals surface area (Å²) in [4.78, 5) is 0.284. The second-order valence-electron chi connectivity index (χ2n) is 4.93. The predicted octanol–water partition coefficient (Wildman–Crippen LogP) is 1.47. The van der Waals surface area contributed by atoms with Gasteiger partial charge in [-0.05, 0) is 50.5 Å². The molecule has 0 saturated heterocycles. The molecule has 0 bridgehead atoms. The third kappa shape index (κ3) is 4.28. The fourth-order valence-electron chi connectivity index (χ4n) is 2.04. The number of aryl methyl sites for hydroxylation is 2. The Morgan fingerprint density at radius 2 is 1.95 bits per heavy atom. The molecular formula is C14H24N2O3S. The van der Waals surface area contributed by atoms with E-state index < -0.39 is 10.0 Å². The summed E-state index contributed by atoms with van der Waals surface area (Å²) in [5.41, 5.74) is 8.21. The molecule has 0 saturated carbocycles. The number of sulfonamides is 1. The molecular weight excluding hydrogens is 276 g/mol. The van der Waals surface area contributed by atoms with Crippen LogP contribution in [-0.4, -0.2) is 27.7 Å². The van der Waals surface area contributed by atoms with Gasteiger partial charge in [0.1, 0.15) is 0 Å². The molecule has 6 heteroatoms. The van der Waals surface area contributed by atoms with E-state index in [4.69, 9.17) is 10.5 Å². The van der Waals surface area contributed by atoms with Crippen molar-refractivity contribution >= 4 is 10.0 Å². The maximum Gasteiger partial charge on any atom is 0.241 e. The highest BCUT2D eigenvalue weighted by Crippen LogP contribution is 2.20. The van der Waals surface area contributed by atoms with Gasteiger partial charge in [0, 0.05) is 19.2 Å². The number of hydrogen-bond donors (Lipinski definition) is 2. The average molecular weight is 300 g/mol. The van der Waals surface area contributed by atoms with Crippen LogP contribution in [0.15, 0.2) is 17.0 Å². The van der Waals surface area contributed by atoms with Gasteiger partial charge in [0.25, 0.3) is 0 Å². The van der Waals surface area contributed by atoms with Crippen molar-refractivity contribution in [1.82, 2.24) is 4.72 Å². The Morgan fingerprint density at radius 1 is 1.30 bits per heavy atom. The van der Waals surface area contributed by atoms with Crippen LogP contribution in [0.4, 0.5) is 0 Å². The van der Waals surface area contributed by atoms with Crippen LogP contribution in [0.25, 0.3) is 0 Å². The van der Waals surface area contributed by atoms with Crippen LogP contribution in [0, 0.1) is 13.8 Å². The van der Waals surface area contributed by atoms with Gasteiger partial charge in [-0.1, -0.05) is 6.07 Å². The number of rotatable bonds is 7. The lowest BCUT2D eigenvalue weighted by Crippen LogP contribution is -2.36. The number of hydrogen-bond acceptors (Lipinski definition) is 4. The number of benzene rings is 1. The van der Waals surface area contributed by atoms with E-state index in [2.05, 4.69) is 4.72 Å². The van der Waals surface area contributed by atoms with Crippen LogP contribution < -0.4 is 10.5 Å². The molecule has 0 aliphatic carbocycles. The molecule has 0 spiro atoms. The first kappa shape index (κ1) is 17.1. The largest absolute Gasteiger partial charge is 0.380 e. The Balaban J connectivity index is 3.03. The highest BCUT2D eigenvalue weighted by atomic mass is 32.2.